The Balaban J connectivity index is 3.55. The van der Waals surface area contributed by atoms with Gasteiger partial charge < -0.3 is 10.00 Å². The Morgan fingerprint density at radius 1 is 1.88 bits per heavy atom. The van der Waals surface area contributed by atoms with Gasteiger partial charge in [-0.2, -0.15) is 5.48 Å². The minimum atomic E-state index is -3.73. The van der Waals surface area contributed by atoms with Crippen molar-refractivity contribution in [3.05, 3.63) is 0 Å². The van der Waals surface area contributed by atoms with Gasteiger partial charge >= 0.3 is 7.60 Å². The second kappa shape index (κ2) is 3.17. The second-order valence-electron chi connectivity index (χ2n) is 1.07. The van der Waals surface area contributed by atoms with Gasteiger partial charge in [0.1, 0.15) is 6.35 Å². The molecule has 0 rings (SSSR count). The standard InChI is InChI=1S/C2H8NO4P/c1-3-7-8(5,6)2-4/h3-4H,2H2,1H3,(H,5,6). The van der Waals surface area contributed by atoms with Crippen molar-refractivity contribution < 1.29 is 19.2 Å². The van der Waals surface area contributed by atoms with Gasteiger partial charge in [-0.15, -0.1) is 0 Å². The Bertz CT molecular complexity index is 104. The van der Waals surface area contributed by atoms with E-state index in [1.54, 1.807) is 0 Å². The first kappa shape index (κ1) is 8.07. The smallest absolute Gasteiger partial charge is 0.369 e. The first-order valence-electron chi connectivity index (χ1n) is 1.90. The van der Waals surface area contributed by atoms with Gasteiger partial charge in [0.05, 0.1) is 0 Å². The molecule has 0 radical (unpaired) electrons. The molecule has 0 aliphatic rings. The van der Waals surface area contributed by atoms with Gasteiger partial charge in [0.25, 0.3) is 0 Å². The highest BCUT2D eigenvalue weighted by atomic mass is 31.2. The normalized spacial score (nSPS) is 17.9. The van der Waals surface area contributed by atoms with Gasteiger partial charge in [-0.05, 0) is 0 Å². The number of aliphatic hydroxyl groups is 1. The fourth-order valence-electron chi connectivity index (χ4n) is 0.172. The van der Waals surface area contributed by atoms with E-state index >= 15 is 0 Å². The molecule has 0 aliphatic carbocycles. The summed E-state index contributed by atoms with van der Waals surface area (Å²) in [7, 11) is -2.40. The molecule has 8 heavy (non-hydrogen) atoms. The molecule has 6 heteroatoms. The van der Waals surface area contributed by atoms with E-state index in [0.717, 1.165) is 0 Å². The van der Waals surface area contributed by atoms with Crippen LogP contribution in [0.3, 0.4) is 0 Å². The van der Waals surface area contributed by atoms with E-state index in [0.29, 0.717) is 0 Å². The van der Waals surface area contributed by atoms with Crippen LogP contribution in [0.2, 0.25) is 0 Å². The molecule has 0 aromatic carbocycles. The summed E-state index contributed by atoms with van der Waals surface area (Å²) in [5, 5.41) is 8.05. The molecule has 5 nitrogen and oxygen atoms in total. The minimum Gasteiger partial charge on any atom is -0.384 e. The Labute approximate surface area is 46.8 Å². The highest BCUT2D eigenvalue weighted by Gasteiger charge is 2.15. The summed E-state index contributed by atoms with van der Waals surface area (Å²) in [4.78, 5) is 8.34. The number of hydroxylamine groups is 1. The van der Waals surface area contributed by atoms with Crippen molar-refractivity contribution in [2.75, 3.05) is 13.4 Å². The summed E-state index contributed by atoms with van der Waals surface area (Å²) in [6.45, 7) is 0. The monoisotopic (exact) mass is 141 g/mol. The van der Waals surface area contributed by atoms with Crippen LogP contribution in [-0.2, 0) is 9.19 Å². The number of aliphatic hydroxyl groups excluding tert-OH is 1. The van der Waals surface area contributed by atoms with E-state index in [2.05, 4.69) is 4.62 Å². The van der Waals surface area contributed by atoms with Crippen molar-refractivity contribution in [3.63, 3.8) is 0 Å². The van der Waals surface area contributed by atoms with Gasteiger partial charge in [0, 0.05) is 7.05 Å². The van der Waals surface area contributed by atoms with Gasteiger partial charge in [0.15, 0.2) is 0 Å². The minimum absolute atomic E-state index is 0.867. The molecule has 1 atom stereocenters. The molecular weight excluding hydrogens is 133 g/mol. The van der Waals surface area contributed by atoms with Gasteiger partial charge in [-0.3, -0.25) is 4.57 Å². The molecule has 0 aliphatic heterocycles. The van der Waals surface area contributed by atoms with Crippen molar-refractivity contribution >= 4 is 7.60 Å². The van der Waals surface area contributed by atoms with Gasteiger partial charge in [-0.25, -0.2) is 4.62 Å². The molecule has 3 N–H and O–H groups in total. The first-order valence-corrected chi connectivity index (χ1v) is 3.66. The maximum atomic E-state index is 10.2. The average Bonchev–Trinajstić information content (AvgIpc) is 1.67. The van der Waals surface area contributed by atoms with E-state index in [9.17, 15) is 4.57 Å². The molecule has 0 amide bonds. The molecule has 0 aromatic heterocycles. The molecular formula is C2H8NO4P. The zero-order chi connectivity index (χ0) is 6.62. The maximum absolute atomic E-state index is 10.2. The lowest BCUT2D eigenvalue weighted by Gasteiger charge is -2.04. The number of rotatable bonds is 3. The summed E-state index contributed by atoms with van der Waals surface area (Å²) >= 11 is 0. The highest BCUT2D eigenvalue weighted by Crippen LogP contribution is 2.38. The molecule has 50 valence electrons. The summed E-state index contributed by atoms with van der Waals surface area (Å²) < 4.78 is 14.2. The summed E-state index contributed by atoms with van der Waals surface area (Å²) in [5.41, 5.74) is 1.99. The molecule has 0 saturated carbocycles. The van der Waals surface area contributed by atoms with E-state index in [1.165, 1.54) is 7.05 Å². The quantitative estimate of drug-likeness (QED) is 0.357. The predicted octanol–water partition coefficient (Wildman–Crippen LogP) is -0.727. The average molecular weight is 141 g/mol. The van der Waals surface area contributed by atoms with Crippen LogP contribution in [0.4, 0.5) is 0 Å². The van der Waals surface area contributed by atoms with Crippen LogP contribution >= 0.6 is 7.60 Å². The Morgan fingerprint density at radius 3 is 2.50 bits per heavy atom. The molecule has 1 unspecified atom stereocenters. The van der Waals surface area contributed by atoms with Gasteiger partial charge in [0.2, 0.25) is 0 Å². The molecule has 0 aromatic rings. The summed E-state index contributed by atoms with van der Waals surface area (Å²) in [6.07, 6.45) is -0.867. The Morgan fingerprint density at radius 2 is 2.38 bits per heavy atom. The lowest BCUT2D eigenvalue weighted by molar-refractivity contribution is 0.168. The molecule has 0 bridgehead atoms. The third-order valence-corrected chi connectivity index (χ3v) is 1.24. The van der Waals surface area contributed by atoms with Crippen LogP contribution in [0.15, 0.2) is 0 Å². The van der Waals surface area contributed by atoms with E-state index in [1.807, 2.05) is 5.48 Å². The van der Waals surface area contributed by atoms with Crippen LogP contribution in [-0.4, -0.2) is 23.4 Å². The number of hydrogen-bond acceptors (Lipinski definition) is 4. The van der Waals surface area contributed by atoms with Crippen LogP contribution in [0.1, 0.15) is 0 Å². The predicted molar refractivity (Wildman–Crippen MR) is 27.1 cm³/mol. The Kier molecular flexibility index (Phi) is 3.19. The lowest BCUT2D eigenvalue weighted by Crippen LogP contribution is -2.06. The summed E-state index contributed by atoms with van der Waals surface area (Å²) in [6, 6.07) is 0. The fraction of sp³-hybridized carbons (Fsp3) is 1.00. The zero-order valence-corrected chi connectivity index (χ0v) is 5.26. The van der Waals surface area contributed by atoms with Crippen molar-refractivity contribution in [2.24, 2.45) is 0 Å². The fourth-order valence-corrected chi connectivity index (χ4v) is 0.515. The van der Waals surface area contributed by atoms with E-state index < -0.39 is 13.9 Å². The highest BCUT2D eigenvalue weighted by molar-refractivity contribution is 7.52. The number of hydrogen-bond donors (Lipinski definition) is 3. The third kappa shape index (κ3) is 3.12. The van der Waals surface area contributed by atoms with Crippen LogP contribution < -0.4 is 5.48 Å². The zero-order valence-electron chi connectivity index (χ0n) is 4.37. The SMILES string of the molecule is CNOP(=O)(O)CO. The molecule has 0 spiro atoms. The largest absolute Gasteiger partial charge is 0.384 e. The topological polar surface area (TPSA) is 78.8 Å². The van der Waals surface area contributed by atoms with Crippen LogP contribution in [0, 0.1) is 0 Å². The van der Waals surface area contributed by atoms with Crippen molar-refractivity contribution in [1.29, 1.82) is 0 Å². The molecule has 0 saturated heterocycles. The van der Waals surface area contributed by atoms with Crippen LogP contribution in [0.25, 0.3) is 0 Å². The van der Waals surface area contributed by atoms with Crippen molar-refractivity contribution in [3.8, 4) is 0 Å². The number of nitrogens with one attached hydrogen (secondary N) is 1. The first-order chi connectivity index (χ1) is 3.62. The molecule has 0 heterocycles. The van der Waals surface area contributed by atoms with E-state index in [-0.39, 0.29) is 0 Å². The van der Waals surface area contributed by atoms with Crippen LogP contribution in [0.5, 0.6) is 0 Å². The van der Waals surface area contributed by atoms with E-state index in [4.69, 9.17) is 10.00 Å². The van der Waals surface area contributed by atoms with Crippen molar-refractivity contribution in [2.45, 2.75) is 0 Å². The Hall–Kier alpha value is 0.0700. The summed E-state index contributed by atoms with van der Waals surface area (Å²) in [5.74, 6) is 0. The van der Waals surface area contributed by atoms with Gasteiger partial charge in [-0.1, -0.05) is 0 Å². The third-order valence-electron chi connectivity index (χ3n) is 0.413. The maximum Gasteiger partial charge on any atom is 0.369 e. The lowest BCUT2D eigenvalue weighted by atomic mass is 11.6. The molecule has 0 fully saturated rings. The van der Waals surface area contributed by atoms with Crippen molar-refractivity contribution in [1.82, 2.24) is 5.48 Å². The second-order valence-corrected chi connectivity index (χ2v) is 2.81.